The molecule has 102 valence electrons. The van der Waals surface area contributed by atoms with Gasteiger partial charge in [0.15, 0.2) is 5.75 Å². The summed E-state index contributed by atoms with van der Waals surface area (Å²) in [6.07, 6.45) is 3.16. The standard InChI is InChI=1S/C12H14Cl2N4O/c1-8(2)19-12-10(13)3-9(4-11(12)14)5-17-18-6-15-16-7-18/h3-4,6-8,17H,5H2,1-2H3. The van der Waals surface area contributed by atoms with Crippen molar-refractivity contribution in [3.8, 4) is 5.75 Å². The Balaban J connectivity index is 2.10. The van der Waals surface area contributed by atoms with Crippen molar-refractivity contribution in [1.82, 2.24) is 14.9 Å². The molecule has 0 spiro atoms. The van der Waals surface area contributed by atoms with Gasteiger partial charge in [0.2, 0.25) is 0 Å². The van der Waals surface area contributed by atoms with Gasteiger partial charge in [-0.15, -0.1) is 10.2 Å². The van der Waals surface area contributed by atoms with Gasteiger partial charge in [-0.05, 0) is 31.5 Å². The van der Waals surface area contributed by atoms with E-state index in [1.165, 1.54) is 0 Å². The number of aromatic nitrogens is 3. The van der Waals surface area contributed by atoms with Gasteiger partial charge in [-0.25, -0.2) is 4.68 Å². The van der Waals surface area contributed by atoms with E-state index in [0.717, 1.165) is 5.56 Å². The molecule has 0 aliphatic carbocycles. The van der Waals surface area contributed by atoms with Gasteiger partial charge >= 0.3 is 0 Å². The molecule has 1 heterocycles. The van der Waals surface area contributed by atoms with Crippen LogP contribution in [0.25, 0.3) is 0 Å². The lowest BCUT2D eigenvalue weighted by atomic mass is 10.2. The molecule has 0 amide bonds. The van der Waals surface area contributed by atoms with Crippen LogP contribution in [0, 0.1) is 0 Å². The number of hydrogen-bond donors (Lipinski definition) is 1. The predicted octanol–water partition coefficient (Wildman–Crippen LogP) is 3.12. The molecule has 2 aromatic rings. The van der Waals surface area contributed by atoms with Crippen LogP contribution in [-0.4, -0.2) is 21.0 Å². The monoisotopic (exact) mass is 300 g/mol. The maximum absolute atomic E-state index is 6.17. The van der Waals surface area contributed by atoms with Crippen LogP contribution in [0.1, 0.15) is 19.4 Å². The van der Waals surface area contributed by atoms with E-state index in [-0.39, 0.29) is 6.10 Å². The van der Waals surface area contributed by atoms with Crippen molar-refractivity contribution >= 4 is 23.2 Å². The van der Waals surface area contributed by atoms with E-state index >= 15 is 0 Å². The fourth-order valence-corrected chi connectivity index (χ4v) is 2.15. The first kappa shape index (κ1) is 14.0. The molecule has 0 radical (unpaired) electrons. The number of nitrogens with one attached hydrogen (secondary N) is 1. The smallest absolute Gasteiger partial charge is 0.156 e. The Morgan fingerprint density at radius 3 is 2.32 bits per heavy atom. The molecule has 7 heteroatoms. The Kier molecular flexibility index (Phi) is 4.50. The molecule has 0 saturated heterocycles. The third kappa shape index (κ3) is 3.75. The number of benzene rings is 1. The van der Waals surface area contributed by atoms with Crippen LogP contribution in [0.15, 0.2) is 24.8 Å². The number of halogens is 2. The molecule has 0 aliphatic heterocycles. The molecule has 0 aliphatic rings. The van der Waals surface area contributed by atoms with E-state index in [9.17, 15) is 0 Å². The van der Waals surface area contributed by atoms with Gasteiger partial charge in [0, 0.05) is 0 Å². The molecule has 0 atom stereocenters. The summed E-state index contributed by atoms with van der Waals surface area (Å²) in [5.74, 6) is 0.520. The Bertz CT molecular complexity index is 520. The molecule has 1 aromatic heterocycles. The van der Waals surface area contributed by atoms with Crippen molar-refractivity contribution in [3.05, 3.63) is 40.4 Å². The second kappa shape index (κ2) is 6.12. The minimum atomic E-state index is 0.0241. The molecular weight excluding hydrogens is 287 g/mol. The Labute approximate surface area is 121 Å². The highest BCUT2D eigenvalue weighted by Crippen LogP contribution is 2.34. The number of rotatable bonds is 5. The molecular formula is C12H14Cl2N4O. The molecule has 2 rings (SSSR count). The topological polar surface area (TPSA) is 52.0 Å². The highest BCUT2D eigenvalue weighted by molar-refractivity contribution is 6.37. The first-order valence-corrected chi connectivity index (χ1v) is 6.55. The van der Waals surface area contributed by atoms with Gasteiger partial charge in [-0.3, -0.25) is 0 Å². The maximum Gasteiger partial charge on any atom is 0.156 e. The van der Waals surface area contributed by atoms with Gasteiger partial charge < -0.3 is 10.2 Å². The Hall–Kier alpha value is -1.46. The second-order valence-corrected chi connectivity index (χ2v) is 5.07. The fourth-order valence-electron chi connectivity index (χ4n) is 1.53. The average molecular weight is 301 g/mol. The summed E-state index contributed by atoms with van der Waals surface area (Å²) in [5, 5.41) is 8.39. The summed E-state index contributed by atoms with van der Waals surface area (Å²) in [6.45, 7) is 4.40. The van der Waals surface area contributed by atoms with Crippen LogP contribution in [-0.2, 0) is 6.54 Å². The first-order valence-electron chi connectivity index (χ1n) is 5.79. The van der Waals surface area contributed by atoms with Gasteiger partial charge in [-0.1, -0.05) is 23.2 Å². The van der Waals surface area contributed by atoms with E-state index in [4.69, 9.17) is 27.9 Å². The number of nitrogens with zero attached hydrogens (tertiary/aromatic N) is 3. The molecule has 0 fully saturated rings. The van der Waals surface area contributed by atoms with E-state index in [1.807, 2.05) is 26.0 Å². The van der Waals surface area contributed by atoms with Crippen LogP contribution in [0.5, 0.6) is 5.75 Å². The number of ether oxygens (including phenoxy) is 1. The summed E-state index contributed by atoms with van der Waals surface area (Å²) in [6, 6.07) is 3.64. The quantitative estimate of drug-likeness (QED) is 0.922. The molecule has 1 N–H and O–H groups in total. The minimum Gasteiger partial charge on any atom is -0.488 e. The predicted molar refractivity (Wildman–Crippen MR) is 75.3 cm³/mol. The largest absolute Gasteiger partial charge is 0.488 e. The van der Waals surface area contributed by atoms with E-state index < -0.39 is 0 Å². The SMILES string of the molecule is CC(C)Oc1c(Cl)cc(CNn2cnnc2)cc1Cl. The van der Waals surface area contributed by atoms with Gasteiger partial charge in [0.25, 0.3) is 0 Å². The lowest BCUT2D eigenvalue weighted by Gasteiger charge is -2.14. The lowest BCUT2D eigenvalue weighted by molar-refractivity contribution is 0.242. The zero-order valence-corrected chi connectivity index (χ0v) is 12.1. The zero-order chi connectivity index (χ0) is 13.8. The zero-order valence-electron chi connectivity index (χ0n) is 10.6. The molecule has 0 saturated carbocycles. The minimum absolute atomic E-state index is 0.0241. The van der Waals surface area contributed by atoms with Crippen LogP contribution >= 0.6 is 23.2 Å². The summed E-state index contributed by atoms with van der Waals surface area (Å²) in [7, 11) is 0. The van der Waals surface area contributed by atoms with E-state index in [2.05, 4.69) is 15.6 Å². The van der Waals surface area contributed by atoms with Crippen molar-refractivity contribution < 1.29 is 4.74 Å². The summed E-state index contributed by atoms with van der Waals surface area (Å²) in [5.41, 5.74) is 4.03. The Morgan fingerprint density at radius 1 is 1.21 bits per heavy atom. The van der Waals surface area contributed by atoms with Crippen LogP contribution in [0.3, 0.4) is 0 Å². The van der Waals surface area contributed by atoms with E-state index in [1.54, 1.807) is 17.3 Å². The summed E-state index contributed by atoms with van der Waals surface area (Å²) in [4.78, 5) is 0. The van der Waals surface area contributed by atoms with Crippen LogP contribution < -0.4 is 10.2 Å². The third-order valence-corrected chi connectivity index (χ3v) is 2.86. The molecule has 5 nitrogen and oxygen atoms in total. The van der Waals surface area contributed by atoms with Crippen LogP contribution in [0.4, 0.5) is 0 Å². The lowest BCUT2D eigenvalue weighted by Crippen LogP contribution is -2.12. The summed E-state index contributed by atoms with van der Waals surface area (Å²) >= 11 is 12.3. The fraction of sp³-hybridized carbons (Fsp3) is 0.333. The second-order valence-electron chi connectivity index (χ2n) is 4.26. The van der Waals surface area contributed by atoms with Crippen molar-refractivity contribution in [3.63, 3.8) is 0 Å². The normalized spacial score (nSPS) is 10.8. The summed E-state index contributed by atoms with van der Waals surface area (Å²) < 4.78 is 7.22. The van der Waals surface area contributed by atoms with Crippen molar-refractivity contribution in [2.75, 3.05) is 5.43 Å². The van der Waals surface area contributed by atoms with Crippen molar-refractivity contribution in [2.45, 2.75) is 26.5 Å². The molecule has 0 bridgehead atoms. The molecule has 0 unspecified atom stereocenters. The first-order chi connectivity index (χ1) is 9.06. The van der Waals surface area contributed by atoms with Gasteiger partial charge in [0.05, 0.1) is 22.7 Å². The van der Waals surface area contributed by atoms with E-state index in [0.29, 0.717) is 22.3 Å². The highest BCUT2D eigenvalue weighted by Gasteiger charge is 2.11. The highest BCUT2D eigenvalue weighted by atomic mass is 35.5. The molecule has 1 aromatic carbocycles. The Morgan fingerprint density at radius 2 is 1.79 bits per heavy atom. The average Bonchev–Trinajstić information content (AvgIpc) is 2.84. The van der Waals surface area contributed by atoms with Crippen molar-refractivity contribution in [2.24, 2.45) is 0 Å². The van der Waals surface area contributed by atoms with Crippen LogP contribution in [0.2, 0.25) is 10.0 Å². The number of hydrogen-bond acceptors (Lipinski definition) is 4. The maximum atomic E-state index is 6.17. The van der Waals surface area contributed by atoms with Crippen molar-refractivity contribution in [1.29, 1.82) is 0 Å². The third-order valence-electron chi connectivity index (χ3n) is 2.30. The van der Waals surface area contributed by atoms with Gasteiger partial charge in [0.1, 0.15) is 12.7 Å². The molecule has 19 heavy (non-hydrogen) atoms. The van der Waals surface area contributed by atoms with Gasteiger partial charge in [-0.2, -0.15) is 0 Å².